The number of hydrogen-bond donors (Lipinski definition) is 3. The van der Waals surface area contributed by atoms with E-state index in [1.165, 1.54) is 6.92 Å². The molecule has 0 unspecified atom stereocenters. The van der Waals surface area contributed by atoms with Crippen LogP contribution in [0.15, 0.2) is 0 Å². The Morgan fingerprint density at radius 1 is 1.43 bits per heavy atom. The van der Waals surface area contributed by atoms with Crippen molar-refractivity contribution in [2.24, 2.45) is 0 Å². The lowest BCUT2D eigenvalue weighted by Gasteiger charge is -2.43. The molecule has 6 heteroatoms. The number of hydrogen-bond acceptors (Lipinski definition) is 4. The van der Waals surface area contributed by atoms with E-state index in [2.05, 4.69) is 10.9 Å². The van der Waals surface area contributed by atoms with E-state index >= 15 is 0 Å². The Hall–Kier alpha value is -1.14. The third-order valence-corrected chi connectivity index (χ3v) is 1.87. The minimum Gasteiger partial charge on any atom is -0.388 e. The Bertz CT molecular complexity index is 244. The van der Waals surface area contributed by atoms with Crippen molar-refractivity contribution in [2.75, 3.05) is 19.6 Å². The number of carbonyl (C=O) groups is 2. The molecule has 1 rings (SSSR count). The molecular formula is C8H15N3O3. The number of carbonyl (C=O) groups excluding carboxylic acids is 2. The maximum Gasteiger partial charge on any atom is 0.252 e. The molecule has 0 spiro atoms. The normalized spacial score (nSPS) is 19.6. The lowest BCUT2D eigenvalue weighted by molar-refractivity contribution is -0.134. The number of β-amino-alcohol motifs (C(OH)–C–C–N with tert-alkyl or cyclic N) is 1. The van der Waals surface area contributed by atoms with Crippen molar-refractivity contribution in [2.45, 2.75) is 19.4 Å². The zero-order valence-electron chi connectivity index (χ0n) is 8.33. The maximum atomic E-state index is 11.1. The highest BCUT2D eigenvalue weighted by Crippen LogP contribution is 2.18. The van der Waals surface area contributed by atoms with Crippen LogP contribution in [0.5, 0.6) is 0 Å². The topological polar surface area (TPSA) is 81.7 Å². The van der Waals surface area contributed by atoms with Gasteiger partial charge in [-0.05, 0) is 6.92 Å². The van der Waals surface area contributed by atoms with Gasteiger partial charge in [0.05, 0.1) is 12.1 Å². The number of nitrogens with one attached hydrogen (secondary N) is 2. The van der Waals surface area contributed by atoms with Gasteiger partial charge in [-0.25, -0.2) is 0 Å². The largest absolute Gasteiger partial charge is 0.388 e. The van der Waals surface area contributed by atoms with E-state index in [0.29, 0.717) is 13.1 Å². The van der Waals surface area contributed by atoms with Gasteiger partial charge in [-0.2, -0.15) is 0 Å². The molecule has 2 amide bonds. The molecule has 1 saturated heterocycles. The molecule has 0 aliphatic carbocycles. The van der Waals surface area contributed by atoms with Crippen molar-refractivity contribution >= 4 is 11.8 Å². The quantitative estimate of drug-likeness (QED) is 0.461. The average Bonchev–Trinajstić information content (AvgIpc) is 1.97. The first-order valence-electron chi connectivity index (χ1n) is 4.39. The molecule has 1 heterocycles. The van der Waals surface area contributed by atoms with Crippen LogP contribution in [0.2, 0.25) is 0 Å². The highest BCUT2D eigenvalue weighted by molar-refractivity contribution is 5.82. The predicted octanol–water partition coefficient (Wildman–Crippen LogP) is -1.78. The fraction of sp³-hybridized carbons (Fsp3) is 0.750. The Morgan fingerprint density at radius 2 is 2.00 bits per heavy atom. The Kier molecular flexibility index (Phi) is 3.07. The molecule has 6 nitrogen and oxygen atoms in total. The second-order valence-corrected chi connectivity index (χ2v) is 3.87. The van der Waals surface area contributed by atoms with Gasteiger partial charge in [-0.1, -0.05) is 0 Å². The fourth-order valence-electron chi connectivity index (χ4n) is 1.43. The van der Waals surface area contributed by atoms with Crippen LogP contribution >= 0.6 is 0 Å². The van der Waals surface area contributed by atoms with Gasteiger partial charge < -0.3 is 5.11 Å². The summed E-state index contributed by atoms with van der Waals surface area (Å²) in [6.07, 6.45) is 0. The maximum absolute atomic E-state index is 11.1. The molecule has 0 radical (unpaired) electrons. The van der Waals surface area contributed by atoms with Crippen LogP contribution in [-0.4, -0.2) is 47.1 Å². The zero-order valence-corrected chi connectivity index (χ0v) is 8.33. The van der Waals surface area contributed by atoms with Crippen LogP contribution < -0.4 is 10.9 Å². The van der Waals surface area contributed by atoms with Gasteiger partial charge in [-0.3, -0.25) is 25.3 Å². The zero-order chi connectivity index (χ0) is 10.8. The number of hydrazine groups is 1. The average molecular weight is 201 g/mol. The smallest absolute Gasteiger partial charge is 0.252 e. The minimum absolute atomic E-state index is 0.191. The van der Waals surface area contributed by atoms with Gasteiger partial charge in [0, 0.05) is 20.0 Å². The molecule has 3 N–H and O–H groups in total. The molecule has 1 aliphatic rings. The monoisotopic (exact) mass is 201 g/mol. The molecule has 0 atom stereocenters. The molecule has 0 saturated carbocycles. The van der Waals surface area contributed by atoms with Gasteiger partial charge in [0.1, 0.15) is 0 Å². The highest BCUT2D eigenvalue weighted by Gasteiger charge is 2.37. The number of rotatable bonds is 2. The minimum atomic E-state index is -0.672. The van der Waals surface area contributed by atoms with Gasteiger partial charge in [0.15, 0.2) is 0 Å². The van der Waals surface area contributed by atoms with Crippen molar-refractivity contribution in [3.8, 4) is 0 Å². The standard InChI is InChI=1S/C8H15N3O3/c1-6(12)9-10-7(13)3-11-4-8(2,14)5-11/h14H,3-5H2,1-2H3,(H,9,12)(H,10,13). The molecule has 1 aliphatic heterocycles. The number of nitrogens with zero attached hydrogens (tertiary/aromatic N) is 1. The lowest BCUT2D eigenvalue weighted by atomic mass is 9.97. The Labute approximate surface area is 82.2 Å². The SMILES string of the molecule is CC(=O)NNC(=O)CN1CC(C)(O)C1. The van der Waals surface area contributed by atoms with Crippen molar-refractivity contribution < 1.29 is 14.7 Å². The van der Waals surface area contributed by atoms with Crippen molar-refractivity contribution in [3.63, 3.8) is 0 Å². The summed E-state index contributed by atoms with van der Waals surface area (Å²) in [5, 5.41) is 9.37. The van der Waals surface area contributed by atoms with Crippen molar-refractivity contribution in [1.82, 2.24) is 15.8 Å². The first kappa shape index (κ1) is 10.9. The molecule has 14 heavy (non-hydrogen) atoms. The fourth-order valence-corrected chi connectivity index (χ4v) is 1.43. The van der Waals surface area contributed by atoms with Crippen molar-refractivity contribution in [3.05, 3.63) is 0 Å². The Morgan fingerprint density at radius 3 is 2.43 bits per heavy atom. The van der Waals surface area contributed by atoms with Crippen LogP contribution in [0.4, 0.5) is 0 Å². The van der Waals surface area contributed by atoms with E-state index in [9.17, 15) is 14.7 Å². The summed E-state index contributed by atoms with van der Waals surface area (Å²) >= 11 is 0. The van der Waals surface area contributed by atoms with E-state index in [1.807, 2.05) is 0 Å². The van der Waals surface area contributed by atoms with E-state index < -0.39 is 5.60 Å². The third-order valence-electron chi connectivity index (χ3n) is 1.87. The van der Waals surface area contributed by atoms with Crippen LogP contribution in [-0.2, 0) is 9.59 Å². The third kappa shape index (κ3) is 3.31. The summed E-state index contributed by atoms with van der Waals surface area (Å²) in [6, 6.07) is 0. The summed E-state index contributed by atoms with van der Waals surface area (Å²) in [6.45, 7) is 4.20. The van der Waals surface area contributed by atoms with Gasteiger partial charge in [0.2, 0.25) is 5.91 Å². The molecular weight excluding hydrogens is 186 g/mol. The second kappa shape index (κ2) is 3.93. The highest BCUT2D eigenvalue weighted by atomic mass is 16.3. The number of likely N-dealkylation sites (tertiary alicyclic amines) is 1. The van der Waals surface area contributed by atoms with Crippen LogP contribution in [0, 0.1) is 0 Å². The summed E-state index contributed by atoms with van der Waals surface area (Å²) < 4.78 is 0. The number of aliphatic hydroxyl groups is 1. The molecule has 0 aromatic carbocycles. The van der Waals surface area contributed by atoms with E-state index in [4.69, 9.17) is 0 Å². The van der Waals surface area contributed by atoms with Crippen molar-refractivity contribution in [1.29, 1.82) is 0 Å². The molecule has 80 valence electrons. The summed E-state index contributed by atoms with van der Waals surface area (Å²) in [4.78, 5) is 23.3. The summed E-state index contributed by atoms with van der Waals surface area (Å²) in [5.74, 6) is -0.593. The first-order valence-corrected chi connectivity index (χ1v) is 4.39. The van der Waals surface area contributed by atoms with Crippen LogP contribution in [0.3, 0.4) is 0 Å². The van der Waals surface area contributed by atoms with E-state index in [1.54, 1.807) is 11.8 Å². The summed E-state index contributed by atoms with van der Waals surface area (Å²) in [5.41, 5.74) is 3.77. The first-order chi connectivity index (χ1) is 6.39. The van der Waals surface area contributed by atoms with E-state index in [0.717, 1.165) is 0 Å². The predicted molar refractivity (Wildman–Crippen MR) is 49.0 cm³/mol. The molecule has 0 bridgehead atoms. The Balaban J connectivity index is 2.14. The second-order valence-electron chi connectivity index (χ2n) is 3.87. The summed E-state index contributed by atoms with van der Waals surface area (Å²) in [7, 11) is 0. The van der Waals surface area contributed by atoms with Gasteiger partial charge >= 0.3 is 0 Å². The van der Waals surface area contributed by atoms with Crippen LogP contribution in [0.25, 0.3) is 0 Å². The van der Waals surface area contributed by atoms with Gasteiger partial charge in [0.25, 0.3) is 5.91 Å². The lowest BCUT2D eigenvalue weighted by Crippen LogP contribution is -2.62. The van der Waals surface area contributed by atoms with E-state index in [-0.39, 0.29) is 18.4 Å². The van der Waals surface area contributed by atoms with Crippen LogP contribution in [0.1, 0.15) is 13.8 Å². The molecule has 0 aromatic rings. The molecule has 1 fully saturated rings. The molecule has 0 aromatic heterocycles. The van der Waals surface area contributed by atoms with Gasteiger partial charge in [-0.15, -0.1) is 0 Å². The number of amides is 2.